The highest BCUT2D eigenvalue weighted by atomic mass is 19.4. The molecule has 0 spiro atoms. The summed E-state index contributed by atoms with van der Waals surface area (Å²) in [6, 6.07) is 11.7. The van der Waals surface area contributed by atoms with Gasteiger partial charge in [-0.2, -0.15) is 18.2 Å². The molecular weight excluding hydrogens is 489 g/mol. The van der Waals surface area contributed by atoms with Gasteiger partial charge in [0.05, 0.1) is 0 Å². The Balaban J connectivity index is 1.31. The number of ether oxygens (including phenoxy) is 2. The summed E-state index contributed by atoms with van der Waals surface area (Å²) in [6.07, 6.45) is -1.53. The largest absolute Gasteiger partial charge is 0.490 e. The topological polar surface area (TPSA) is 102 Å². The number of nitrogens with zero attached hydrogens (tertiary/aromatic N) is 4. The molecule has 0 aliphatic carbocycles. The van der Waals surface area contributed by atoms with Crippen molar-refractivity contribution in [1.29, 1.82) is 0 Å². The average Bonchev–Trinajstić information content (AvgIpc) is 2.86. The van der Waals surface area contributed by atoms with Gasteiger partial charge in [-0.15, -0.1) is 0 Å². The van der Waals surface area contributed by atoms with Gasteiger partial charge in [-0.25, -0.2) is 9.97 Å². The standard InChI is InChI=1S/C25H27F3N6O3/c1-16-21(31-17(2)35)4-3-5-22(16)32-23-29-15-30-24(33-23)34-12-10-20(11-13-34)37-19-8-6-18(7-9-19)36-14-25(26,27)28/h3-9,15,20H,10-14H2,1-2H3,(H,31,35)(H,29,30,32,33). The van der Waals surface area contributed by atoms with Crippen molar-refractivity contribution in [3.8, 4) is 11.5 Å². The van der Waals surface area contributed by atoms with E-state index in [0.29, 0.717) is 36.4 Å². The van der Waals surface area contributed by atoms with Crippen LogP contribution >= 0.6 is 0 Å². The molecule has 3 aromatic rings. The summed E-state index contributed by atoms with van der Waals surface area (Å²) in [6.45, 7) is 3.35. The maximum absolute atomic E-state index is 12.3. The van der Waals surface area contributed by atoms with Crippen LogP contribution in [0.2, 0.25) is 0 Å². The second-order valence-corrected chi connectivity index (χ2v) is 8.57. The zero-order chi connectivity index (χ0) is 26.4. The highest BCUT2D eigenvalue weighted by Gasteiger charge is 2.28. The van der Waals surface area contributed by atoms with Gasteiger partial charge in [0.25, 0.3) is 0 Å². The number of hydrogen-bond donors (Lipinski definition) is 2. The number of halogens is 3. The van der Waals surface area contributed by atoms with Crippen molar-refractivity contribution in [1.82, 2.24) is 15.0 Å². The first-order chi connectivity index (χ1) is 17.7. The zero-order valence-electron chi connectivity index (χ0n) is 20.4. The Bertz CT molecular complexity index is 1220. The molecule has 1 aliphatic heterocycles. The first kappa shape index (κ1) is 26.0. The molecule has 4 rings (SSSR count). The fourth-order valence-electron chi connectivity index (χ4n) is 3.86. The summed E-state index contributed by atoms with van der Waals surface area (Å²) in [5.74, 6) is 1.48. The Labute approximate surface area is 212 Å². The summed E-state index contributed by atoms with van der Waals surface area (Å²) >= 11 is 0. The van der Waals surface area contributed by atoms with Crippen LogP contribution in [0.3, 0.4) is 0 Å². The van der Waals surface area contributed by atoms with E-state index in [2.05, 4.69) is 25.6 Å². The van der Waals surface area contributed by atoms with Crippen molar-refractivity contribution in [2.75, 3.05) is 35.2 Å². The number of rotatable bonds is 8. The Morgan fingerprint density at radius 1 is 1.05 bits per heavy atom. The monoisotopic (exact) mass is 516 g/mol. The minimum atomic E-state index is -4.38. The molecule has 0 atom stereocenters. The molecule has 1 fully saturated rings. The number of piperidine rings is 1. The van der Waals surface area contributed by atoms with E-state index < -0.39 is 12.8 Å². The van der Waals surface area contributed by atoms with Crippen LogP contribution in [-0.2, 0) is 4.79 Å². The first-order valence-electron chi connectivity index (χ1n) is 11.7. The molecule has 196 valence electrons. The van der Waals surface area contributed by atoms with Crippen molar-refractivity contribution in [3.63, 3.8) is 0 Å². The molecule has 2 aromatic carbocycles. The highest BCUT2D eigenvalue weighted by molar-refractivity contribution is 5.90. The zero-order valence-corrected chi connectivity index (χ0v) is 20.4. The van der Waals surface area contributed by atoms with E-state index in [1.54, 1.807) is 12.1 Å². The lowest BCUT2D eigenvalue weighted by atomic mass is 10.1. The minimum Gasteiger partial charge on any atom is -0.490 e. The van der Waals surface area contributed by atoms with Gasteiger partial charge in [-0.05, 0) is 48.9 Å². The minimum absolute atomic E-state index is 0.0446. The fourth-order valence-corrected chi connectivity index (χ4v) is 3.86. The van der Waals surface area contributed by atoms with Crippen LogP contribution in [0.15, 0.2) is 48.8 Å². The number of nitrogens with one attached hydrogen (secondary N) is 2. The van der Waals surface area contributed by atoms with E-state index in [1.165, 1.54) is 25.4 Å². The lowest BCUT2D eigenvalue weighted by Crippen LogP contribution is -2.39. The molecule has 0 bridgehead atoms. The van der Waals surface area contributed by atoms with Crippen LogP contribution in [0, 0.1) is 6.92 Å². The molecule has 2 N–H and O–H groups in total. The quantitative estimate of drug-likeness (QED) is 0.437. The van der Waals surface area contributed by atoms with E-state index >= 15 is 0 Å². The number of benzene rings is 2. The van der Waals surface area contributed by atoms with Crippen molar-refractivity contribution >= 4 is 29.2 Å². The molecule has 1 aromatic heterocycles. The van der Waals surface area contributed by atoms with Gasteiger partial charge in [0, 0.05) is 44.2 Å². The molecule has 12 heteroatoms. The number of aromatic nitrogens is 3. The van der Waals surface area contributed by atoms with Crippen LogP contribution in [0.1, 0.15) is 25.3 Å². The molecule has 0 unspecified atom stereocenters. The van der Waals surface area contributed by atoms with Gasteiger partial charge in [0.15, 0.2) is 6.61 Å². The second-order valence-electron chi connectivity index (χ2n) is 8.57. The van der Waals surface area contributed by atoms with Crippen molar-refractivity contribution in [3.05, 3.63) is 54.4 Å². The van der Waals surface area contributed by atoms with Gasteiger partial charge >= 0.3 is 6.18 Å². The number of alkyl halides is 3. The van der Waals surface area contributed by atoms with Crippen molar-refractivity contribution in [2.45, 2.75) is 39.0 Å². The number of carbonyl (C=O) groups excluding carboxylic acids is 1. The van der Waals surface area contributed by atoms with Crippen LogP contribution in [0.5, 0.6) is 11.5 Å². The van der Waals surface area contributed by atoms with Gasteiger partial charge in [-0.3, -0.25) is 4.79 Å². The predicted molar refractivity (Wildman–Crippen MR) is 132 cm³/mol. The Hall–Kier alpha value is -4.09. The van der Waals surface area contributed by atoms with Gasteiger partial charge < -0.3 is 25.0 Å². The lowest BCUT2D eigenvalue weighted by Gasteiger charge is -2.32. The van der Waals surface area contributed by atoms with Crippen molar-refractivity contribution < 1.29 is 27.4 Å². The molecular formula is C25H27F3N6O3. The second kappa shape index (κ2) is 11.3. The normalized spacial score (nSPS) is 14.2. The summed E-state index contributed by atoms with van der Waals surface area (Å²) in [5, 5.41) is 5.99. The number of carbonyl (C=O) groups is 1. The first-order valence-corrected chi connectivity index (χ1v) is 11.7. The molecule has 2 heterocycles. The van der Waals surface area contributed by atoms with E-state index in [4.69, 9.17) is 9.47 Å². The number of anilines is 4. The van der Waals surface area contributed by atoms with Gasteiger partial charge in [0.1, 0.15) is 23.9 Å². The molecule has 1 aliphatic rings. The summed E-state index contributed by atoms with van der Waals surface area (Å²) in [5.41, 5.74) is 2.33. The van der Waals surface area contributed by atoms with Crippen LogP contribution in [0.25, 0.3) is 0 Å². The molecule has 0 saturated carbocycles. The van der Waals surface area contributed by atoms with Crippen LogP contribution in [0.4, 0.5) is 36.4 Å². The smallest absolute Gasteiger partial charge is 0.422 e. The van der Waals surface area contributed by atoms with Gasteiger partial charge in [-0.1, -0.05) is 6.07 Å². The highest BCUT2D eigenvalue weighted by Crippen LogP contribution is 2.27. The molecule has 1 amide bonds. The Morgan fingerprint density at radius 2 is 1.73 bits per heavy atom. The SMILES string of the molecule is CC(=O)Nc1cccc(Nc2ncnc(N3CCC(Oc4ccc(OCC(F)(F)F)cc4)CC3)n2)c1C. The van der Waals surface area contributed by atoms with Crippen molar-refractivity contribution in [2.24, 2.45) is 0 Å². The van der Waals surface area contributed by atoms with Crippen LogP contribution < -0.4 is 25.0 Å². The number of amides is 1. The molecule has 37 heavy (non-hydrogen) atoms. The maximum Gasteiger partial charge on any atom is 0.422 e. The van der Waals surface area contributed by atoms with E-state index in [0.717, 1.165) is 24.1 Å². The third-order valence-corrected chi connectivity index (χ3v) is 5.70. The predicted octanol–water partition coefficient (Wildman–Crippen LogP) is 4.87. The third-order valence-electron chi connectivity index (χ3n) is 5.70. The molecule has 9 nitrogen and oxygen atoms in total. The van der Waals surface area contributed by atoms with E-state index in [1.807, 2.05) is 30.0 Å². The Kier molecular flexibility index (Phi) is 7.95. The lowest BCUT2D eigenvalue weighted by molar-refractivity contribution is -0.153. The summed E-state index contributed by atoms with van der Waals surface area (Å²) in [4.78, 5) is 26.6. The fraction of sp³-hybridized carbons (Fsp3) is 0.360. The van der Waals surface area contributed by atoms with E-state index in [-0.39, 0.29) is 17.8 Å². The number of hydrogen-bond acceptors (Lipinski definition) is 8. The van der Waals surface area contributed by atoms with E-state index in [9.17, 15) is 18.0 Å². The molecule has 1 saturated heterocycles. The average molecular weight is 517 g/mol. The summed E-state index contributed by atoms with van der Waals surface area (Å²) in [7, 11) is 0. The van der Waals surface area contributed by atoms with Crippen LogP contribution in [-0.4, -0.2) is 52.8 Å². The summed E-state index contributed by atoms with van der Waals surface area (Å²) < 4.78 is 47.6. The molecule has 0 radical (unpaired) electrons. The van der Waals surface area contributed by atoms with Gasteiger partial charge in [0.2, 0.25) is 17.8 Å². The third kappa shape index (κ3) is 7.45. The Morgan fingerprint density at radius 3 is 2.41 bits per heavy atom. The maximum atomic E-state index is 12.3.